The van der Waals surface area contributed by atoms with Crippen molar-refractivity contribution in [1.29, 1.82) is 0 Å². The highest BCUT2D eigenvalue weighted by atomic mass is 35.5. The fourth-order valence-electron chi connectivity index (χ4n) is 7.17. The third-order valence-corrected chi connectivity index (χ3v) is 9.96. The average Bonchev–Trinajstić information content (AvgIpc) is 3.47. The molecule has 0 radical (unpaired) electrons. The highest BCUT2D eigenvalue weighted by Crippen LogP contribution is 2.60. The van der Waals surface area contributed by atoms with Crippen LogP contribution in [0.15, 0.2) is 36.4 Å². The van der Waals surface area contributed by atoms with E-state index in [9.17, 15) is 32.7 Å². The molecule has 46 heavy (non-hydrogen) atoms. The summed E-state index contributed by atoms with van der Waals surface area (Å²) in [5, 5.41) is 13.6. The van der Waals surface area contributed by atoms with Crippen LogP contribution >= 0.6 is 11.6 Å². The molecule has 4 aromatic rings. The number of alkyl halides is 3. The summed E-state index contributed by atoms with van der Waals surface area (Å²) in [6.07, 6.45) is -3.35. The van der Waals surface area contributed by atoms with Gasteiger partial charge >= 0.3 is 12.1 Å². The summed E-state index contributed by atoms with van der Waals surface area (Å²) in [6.45, 7) is 1.84. The number of hydrogen-bond acceptors (Lipinski definition) is 5. The van der Waals surface area contributed by atoms with Gasteiger partial charge in [-0.3, -0.25) is 9.59 Å². The minimum absolute atomic E-state index is 0.0131. The number of hydrogen-bond donors (Lipinski definition) is 2. The Labute approximate surface area is 264 Å². The van der Waals surface area contributed by atoms with Gasteiger partial charge in [0.1, 0.15) is 17.4 Å². The van der Waals surface area contributed by atoms with Crippen LogP contribution in [0.3, 0.4) is 0 Å². The van der Waals surface area contributed by atoms with Crippen LogP contribution in [0.2, 0.25) is 5.02 Å². The van der Waals surface area contributed by atoms with Crippen LogP contribution in [0, 0.1) is 24.6 Å². The van der Waals surface area contributed by atoms with Crippen molar-refractivity contribution in [2.75, 3.05) is 0 Å². The molecule has 3 aliphatic carbocycles. The van der Waals surface area contributed by atoms with Crippen LogP contribution in [0.4, 0.5) is 17.6 Å². The number of carboxylic acids is 1. The molecule has 238 valence electrons. The number of halogens is 5. The number of fused-ring (bicyclic) bond motifs is 2. The van der Waals surface area contributed by atoms with Gasteiger partial charge in [-0.1, -0.05) is 23.7 Å². The molecule has 8 nitrogen and oxygen atoms in total. The first-order valence-corrected chi connectivity index (χ1v) is 15.3. The molecule has 7 rings (SSSR count). The second-order valence-corrected chi connectivity index (χ2v) is 12.8. The zero-order chi connectivity index (χ0) is 32.7. The number of nitrogens with zero attached hydrogens (tertiary/aromatic N) is 3. The van der Waals surface area contributed by atoms with E-state index < -0.39 is 35.2 Å². The molecule has 2 atom stereocenters. The summed E-state index contributed by atoms with van der Waals surface area (Å²) < 4.78 is 59.1. The predicted octanol–water partition coefficient (Wildman–Crippen LogP) is 6.44. The third-order valence-electron chi connectivity index (χ3n) is 9.65. The minimum Gasteiger partial charge on any atom is -0.478 e. The van der Waals surface area contributed by atoms with Gasteiger partial charge in [0.15, 0.2) is 0 Å². The van der Waals surface area contributed by atoms with Crippen molar-refractivity contribution in [3.63, 3.8) is 0 Å². The molecule has 2 aromatic heterocycles. The number of aromatic amines is 1. The maximum absolute atomic E-state index is 15.4. The monoisotopic (exact) mass is 654 g/mol. The molecule has 0 aliphatic heterocycles. The lowest BCUT2D eigenvalue weighted by Crippen LogP contribution is -2.33. The fraction of sp³-hybridized carbons (Fsp3) is 0.364. The Hall–Kier alpha value is -4.32. The van der Waals surface area contributed by atoms with Gasteiger partial charge in [0.2, 0.25) is 0 Å². The van der Waals surface area contributed by atoms with Crippen LogP contribution in [0.5, 0.6) is 0 Å². The number of rotatable bonds is 6. The number of aromatic nitrogens is 4. The van der Waals surface area contributed by atoms with Crippen molar-refractivity contribution < 1.29 is 37.1 Å². The number of benzene rings is 2. The highest BCUT2D eigenvalue weighted by molar-refractivity contribution is 6.34. The summed E-state index contributed by atoms with van der Waals surface area (Å²) in [5.74, 6) is -3.21. The van der Waals surface area contributed by atoms with E-state index in [0.29, 0.717) is 30.5 Å². The Morgan fingerprint density at radius 2 is 1.85 bits per heavy atom. The first-order chi connectivity index (χ1) is 21.8. The zero-order valence-corrected chi connectivity index (χ0v) is 25.2. The maximum Gasteiger partial charge on any atom is 0.398 e. The summed E-state index contributed by atoms with van der Waals surface area (Å²) in [5.41, 5.74) is -0.587. The molecular weight excluding hydrogens is 628 g/mol. The van der Waals surface area contributed by atoms with Crippen molar-refractivity contribution in [2.24, 2.45) is 11.8 Å². The number of nitrogens with one attached hydrogen (secondary N) is 1. The van der Waals surface area contributed by atoms with Gasteiger partial charge in [0, 0.05) is 35.1 Å². The molecule has 3 aliphatic rings. The van der Waals surface area contributed by atoms with Gasteiger partial charge in [0.05, 0.1) is 38.6 Å². The Bertz CT molecular complexity index is 1940. The number of carboxylic acid groups (broad SMARTS) is 1. The summed E-state index contributed by atoms with van der Waals surface area (Å²) in [6, 6.07) is 7.25. The third kappa shape index (κ3) is 4.76. The van der Waals surface area contributed by atoms with Gasteiger partial charge in [-0.15, -0.1) is 0 Å². The van der Waals surface area contributed by atoms with Crippen molar-refractivity contribution in [2.45, 2.75) is 63.5 Å². The molecule has 2 aromatic carbocycles. The van der Waals surface area contributed by atoms with Crippen LogP contribution in [-0.4, -0.2) is 48.7 Å². The van der Waals surface area contributed by atoms with Gasteiger partial charge in [-0.05, 0) is 75.3 Å². The fourth-order valence-corrected chi connectivity index (χ4v) is 7.42. The van der Waals surface area contributed by atoms with Gasteiger partial charge in [-0.2, -0.15) is 23.0 Å². The normalized spacial score (nSPS) is 18.7. The lowest BCUT2D eigenvalue weighted by molar-refractivity contribution is -0.160. The second-order valence-electron chi connectivity index (χ2n) is 12.4. The number of ketones is 1. The molecular formula is C33H27ClF4N4O4. The number of aryl methyl sites for hydroxylation is 1. The molecule has 13 heteroatoms. The standard InChI is InChI=1S/C33H27ClF4N4O4/c1-15-39-24-12-18(13-25(24)40-15)29(43)16-5-8-20-26(14-16)42(41-28(20)19-7-6-17(31(45)46)11-23(19)35)30(44)27-21(3-2-4-22(27)34)32(9-10-32)33(36,37)38/h2-4,6-7,11,16,18H,5,8-10,12-14H2,1H3,(H,39,40)(H,45,46). The molecule has 0 saturated heterocycles. The number of carbonyl (C=O) groups is 3. The van der Waals surface area contributed by atoms with E-state index in [0.717, 1.165) is 28.0 Å². The number of Topliss-reactive ketones (excluding diaryl/α,β-unsaturated/α-hetero) is 1. The van der Waals surface area contributed by atoms with E-state index in [1.165, 1.54) is 30.3 Å². The quantitative estimate of drug-likeness (QED) is 0.231. The van der Waals surface area contributed by atoms with E-state index in [1.54, 1.807) is 0 Å². The van der Waals surface area contributed by atoms with E-state index in [-0.39, 0.29) is 70.4 Å². The van der Waals surface area contributed by atoms with E-state index >= 15 is 4.39 Å². The highest BCUT2D eigenvalue weighted by Gasteiger charge is 2.65. The topological polar surface area (TPSA) is 118 Å². The average molecular weight is 655 g/mol. The second kappa shape index (κ2) is 10.6. The van der Waals surface area contributed by atoms with Crippen molar-refractivity contribution in [1.82, 2.24) is 19.7 Å². The van der Waals surface area contributed by atoms with Crippen LogP contribution in [0.25, 0.3) is 11.3 Å². The van der Waals surface area contributed by atoms with E-state index in [4.69, 9.17) is 11.6 Å². The van der Waals surface area contributed by atoms with Crippen LogP contribution in [-0.2, 0) is 35.9 Å². The van der Waals surface area contributed by atoms with Crippen molar-refractivity contribution >= 4 is 29.3 Å². The molecule has 0 bridgehead atoms. The molecule has 0 amide bonds. The lowest BCUT2D eigenvalue weighted by atomic mass is 9.79. The number of imidazole rings is 1. The van der Waals surface area contributed by atoms with Gasteiger partial charge in [-0.25, -0.2) is 14.2 Å². The van der Waals surface area contributed by atoms with Gasteiger partial charge < -0.3 is 10.1 Å². The summed E-state index contributed by atoms with van der Waals surface area (Å²) in [7, 11) is 0. The Morgan fingerprint density at radius 3 is 2.50 bits per heavy atom. The number of carbonyl (C=O) groups excluding carboxylic acids is 2. The number of aromatic carboxylic acids is 1. The SMILES string of the molecule is Cc1nc2c([nH]1)CC(C(=O)C1CCc3c(-c4ccc(C(=O)O)cc4F)nn(C(=O)c4c(Cl)cccc4C4(C(F)(F)F)CC4)c3C1)C2. The maximum atomic E-state index is 15.4. The lowest BCUT2D eigenvalue weighted by Gasteiger charge is -2.26. The first kappa shape index (κ1) is 30.3. The molecule has 1 fully saturated rings. The largest absolute Gasteiger partial charge is 0.478 e. The van der Waals surface area contributed by atoms with E-state index in [2.05, 4.69) is 15.1 Å². The van der Waals surface area contributed by atoms with Crippen molar-refractivity contribution in [3.05, 3.63) is 92.4 Å². The Kier molecular flexibility index (Phi) is 7.00. The summed E-state index contributed by atoms with van der Waals surface area (Å²) in [4.78, 5) is 47.2. The molecule has 0 spiro atoms. The Morgan fingerprint density at radius 1 is 1.09 bits per heavy atom. The molecule has 2 N–H and O–H groups in total. The van der Waals surface area contributed by atoms with Crippen molar-refractivity contribution in [3.8, 4) is 11.3 Å². The Balaban J connectivity index is 1.31. The molecule has 1 saturated carbocycles. The summed E-state index contributed by atoms with van der Waals surface area (Å²) >= 11 is 6.44. The number of H-pyrrole nitrogens is 1. The first-order valence-electron chi connectivity index (χ1n) is 14.9. The molecule has 2 heterocycles. The van der Waals surface area contributed by atoms with Crippen LogP contribution in [0.1, 0.15) is 74.0 Å². The van der Waals surface area contributed by atoms with Gasteiger partial charge in [0.25, 0.3) is 5.91 Å². The van der Waals surface area contributed by atoms with Crippen LogP contribution < -0.4 is 0 Å². The molecule has 2 unspecified atom stereocenters. The zero-order valence-electron chi connectivity index (χ0n) is 24.5. The smallest absolute Gasteiger partial charge is 0.398 e. The van der Waals surface area contributed by atoms with E-state index in [1.807, 2.05) is 6.92 Å². The minimum atomic E-state index is -4.62. The predicted molar refractivity (Wildman–Crippen MR) is 157 cm³/mol.